The molecule has 1 rings (SSSR count). The van der Waals surface area contributed by atoms with Crippen LogP contribution in [0, 0.1) is 5.41 Å². The monoisotopic (exact) mass is 150 g/mol. The first kappa shape index (κ1) is 8.25. The molecule has 0 spiro atoms. The highest BCUT2D eigenvalue weighted by atomic mass is 16.1. The number of rotatable bonds is 0. The van der Waals surface area contributed by atoms with Crippen molar-refractivity contribution in [3.63, 3.8) is 0 Å². The first-order chi connectivity index (χ1) is 4.85. The normalized spacial score (nSPS) is 18.9. The summed E-state index contributed by atoms with van der Waals surface area (Å²) in [5, 5.41) is 0. The quantitative estimate of drug-likeness (QED) is 0.485. The fraction of sp³-hybridized carbons (Fsp3) is 0.500. The Balaban J connectivity index is 3.11. The fourth-order valence-corrected chi connectivity index (χ4v) is 1.63. The standard InChI is InChI=1S/C10H14O/c1-6-8(10(3,4)5)7(2)9(6)11/h1H2,2-5H3. The Labute approximate surface area is 67.8 Å². The molecule has 0 aromatic carbocycles. The van der Waals surface area contributed by atoms with Crippen LogP contribution in [0.4, 0.5) is 0 Å². The Morgan fingerprint density at radius 3 is 1.91 bits per heavy atom. The third-order valence-electron chi connectivity index (χ3n) is 2.04. The van der Waals surface area contributed by atoms with Crippen molar-refractivity contribution in [1.82, 2.24) is 0 Å². The highest BCUT2D eigenvalue weighted by molar-refractivity contribution is 6.19. The lowest BCUT2D eigenvalue weighted by atomic mass is 9.70. The van der Waals surface area contributed by atoms with E-state index in [1.54, 1.807) is 0 Å². The second-order valence-corrected chi connectivity index (χ2v) is 4.06. The highest BCUT2D eigenvalue weighted by Gasteiger charge is 2.35. The van der Waals surface area contributed by atoms with E-state index in [0.29, 0.717) is 5.57 Å². The van der Waals surface area contributed by atoms with E-state index in [2.05, 4.69) is 27.4 Å². The summed E-state index contributed by atoms with van der Waals surface area (Å²) < 4.78 is 0. The van der Waals surface area contributed by atoms with Crippen molar-refractivity contribution >= 4 is 5.78 Å². The van der Waals surface area contributed by atoms with E-state index in [9.17, 15) is 4.79 Å². The minimum absolute atomic E-state index is 0.0784. The molecule has 0 radical (unpaired) electrons. The van der Waals surface area contributed by atoms with Gasteiger partial charge in [-0.1, -0.05) is 27.4 Å². The van der Waals surface area contributed by atoms with Gasteiger partial charge in [-0.15, -0.1) is 0 Å². The van der Waals surface area contributed by atoms with Gasteiger partial charge in [0.2, 0.25) is 0 Å². The van der Waals surface area contributed by atoms with Crippen molar-refractivity contribution in [3.8, 4) is 0 Å². The van der Waals surface area contributed by atoms with E-state index in [1.807, 2.05) is 6.92 Å². The third kappa shape index (κ3) is 1.05. The maximum atomic E-state index is 11.1. The minimum atomic E-state index is 0.0784. The molecule has 0 fully saturated rings. The van der Waals surface area contributed by atoms with E-state index in [-0.39, 0.29) is 11.2 Å². The number of carbonyl (C=O) groups is 1. The molecule has 0 aliphatic heterocycles. The van der Waals surface area contributed by atoms with Crippen molar-refractivity contribution in [2.75, 3.05) is 0 Å². The van der Waals surface area contributed by atoms with Crippen LogP contribution in [0.3, 0.4) is 0 Å². The van der Waals surface area contributed by atoms with Gasteiger partial charge >= 0.3 is 0 Å². The second kappa shape index (κ2) is 2.07. The molecule has 1 aliphatic rings. The molecule has 0 N–H and O–H groups in total. The molecular formula is C10H14O. The van der Waals surface area contributed by atoms with Crippen molar-refractivity contribution < 1.29 is 4.79 Å². The van der Waals surface area contributed by atoms with Crippen LogP contribution in [0.25, 0.3) is 0 Å². The predicted molar refractivity (Wildman–Crippen MR) is 46.3 cm³/mol. The average molecular weight is 150 g/mol. The maximum absolute atomic E-state index is 11.1. The number of hydrogen-bond acceptors (Lipinski definition) is 1. The Morgan fingerprint density at radius 2 is 1.73 bits per heavy atom. The third-order valence-corrected chi connectivity index (χ3v) is 2.04. The molecule has 0 aromatic rings. The topological polar surface area (TPSA) is 17.1 Å². The van der Waals surface area contributed by atoms with Gasteiger partial charge in [0.1, 0.15) is 0 Å². The first-order valence-electron chi connectivity index (χ1n) is 3.81. The zero-order chi connectivity index (χ0) is 8.81. The largest absolute Gasteiger partial charge is 0.289 e. The lowest BCUT2D eigenvalue weighted by Gasteiger charge is -2.33. The molecule has 0 saturated carbocycles. The van der Waals surface area contributed by atoms with E-state index in [1.165, 1.54) is 0 Å². The lowest BCUT2D eigenvalue weighted by molar-refractivity contribution is -0.113. The molecule has 0 unspecified atom stereocenters. The SMILES string of the molecule is C=C1C(=O)C(C)=C1C(C)(C)C. The Kier molecular flexibility index (Phi) is 1.55. The van der Waals surface area contributed by atoms with Crippen LogP contribution in [0.2, 0.25) is 0 Å². The van der Waals surface area contributed by atoms with Crippen LogP contribution < -0.4 is 0 Å². The van der Waals surface area contributed by atoms with Gasteiger partial charge in [-0.2, -0.15) is 0 Å². The summed E-state index contributed by atoms with van der Waals surface area (Å²) in [6.45, 7) is 11.9. The molecule has 0 aromatic heterocycles. The molecule has 1 nitrogen and oxygen atoms in total. The molecule has 0 atom stereocenters. The summed E-state index contributed by atoms with van der Waals surface area (Å²) >= 11 is 0. The fourth-order valence-electron chi connectivity index (χ4n) is 1.63. The second-order valence-electron chi connectivity index (χ2n) is 4.06. The summed E-state index contributed by atoms with van der Waals surface area (Å²) in [6, 6.07) is 0. The zero-order valence-corrected chi connectivity index (χ0v) is 7.62. The van der Waals surface area contributed by atoms with Gasteiger partial charge in [-0.05, 0) is 17.9 Å². The molecule has 60 valence electrons. The van der Waals surface area contributed by atoms with Crippen LogP contribution in [-0.4, -0.2) is 5.78 Å². The Bertz CT molecular complexity index is 261. The van der Waals surface area contributed by atoms with Gasteiger partial charge in [-0.25, -0.2) is 0 Å². The number of allylic oxidation sites excluding steroid dienone is 3. The van der Waals surface area contributed by atoms with Crippen LogP contribution in [0.1, 0.15) is 27.7 Å². The van der Waals surface area contributed by atoms with Gasteiger partial charge in [0.25, 0.3) is 0 Å². The maximum Gasteiger partial charge on any atom is 0.188 e. The average Bonchev–Trinajstić information content (AvgIpc) is 1.85. The van der Waals surface area contributed by atoms with Crippen molar-refractivity contribution in [3.05, 3.63) is 23.3 Å². The molecule has 1 aliphatic carbocycles. The van der Waals surface area contributed by atoms with Crippen LogP contribution in [0.5, 0.6) is 0 Å². The summed E-state index contributed by atoms with van der Waals surface area (Å²) in [7, 11) is 0. The Morgan fingerprint density at radius 1 is 1.27 bits per heavy atom. The molecule has 0 bridgehead atoms. The summed E-state index contributed by atoms with van der Waals surface area (Å²) in [4.78, 5) is 11.1. The summed E-state index contributed by atoms with van der Waals surface area (Å²) in [5.74, 6) is 0.134. The van der Waals surface area contributed by atoms with Gasteiger partial charge in [-0.3, -0.25) is 4.79 Å². The van der Waals surface area contributed by atoms with Crippen LogP contribution in [-0.2, 0) is 4.79 Å². The molecule has 0 amide bonds. The number of hydrogen-bond donors (Lipinski definition) is 0. The molecule has 0 saturated heterocycles. The predicted octanol–water partition coefficient (Wildman–Crippen LogP) is 2.49. The lowest BCUT2D eigenvalue weighted by Crippen LogP contribution is -2.28. The Hall–Kier alpha value is -0.850. The first-order valence-corrected chi connectivity index (χ1v) is 3.81. The molecule has 0 heterocycles. The number of ketones is 1. The van der Waals surface area contributed by atoms with Crippen molar-refractivity contribution in [2.24, 2.45) is 5.41 Å². The molecule has 11 heavy (non-hydrogen) atoms. The van der Waals surface area contributed by atoms with Crippen LogP contribution in [0.15, 0.2) is 23.3 Å². The van der Waals surface area contributed by atoms with Gasteiger partial charge < -0.3 is 0 Å². The van der Waals surface area contributed by atoms with E-state index >= 15 is 0 Å². The number of Topliss-reactive ketones (excluding diaryl/α,β-unsaturated/α-hetero) is 1. The van der Waals surface area contributed by atoms with E-state index < -0.39 is 0 Å². The van der Waals surface area contributed by atoms with Gasteiger partial charge in [0.15, 0.2) is 5.78 Å². The summed E-state index contributed by atoms with van der Waals surface area (Å²) in [6.07, 6.45) is 0. The number of carbonyl (C=O) groups excluding carboxylic acids is 1. The van der Waals surface area contributed by atoms with Crippen LogP contribution >= 0.6 is 0 Å². The minimum Gasteiger partial charge on any atom is -0.289 e. The van der Waals surface area contributed by atoms with Gasteiger partial charge in [0, 0.05) is 11.1 Å². The van der Waals surface area contributed by atoms with Crippen molar-refractivity contribution in [1.29, 1.82) is 0 Å². The highest BCUT2D eigenvalue weighted by Crippen LogP contribution is 2.41. The van der Waals surface area contributed by atoms with E-state index in [4.69, 9.17) is 0 Å². The zero-order valence-electron chi connectivity index (χ0n) is 7.62. The van der Waals surface area contributed by atoms with E-state index in [0.717, 1.165) is 11.1 Å². The van der Waals surface area contributed by atoms with Crippen molar-refractivity contribution in [2.45, 2.75) is 27.7 Å². The molecule has 1 heteroatoms. The molecular weight excluding hydrogens is 136 g/mol. The smallest absolute Gasteiger partial charge is 0.188 e. The van der Waals surface area contributed by atoms with Gasteiger partial charge in [0.05, 0.1) is 0 Å². The summed E-state index contributed by atoms with van der Waals surface area (Å²) in [5.41, 5.74) is 2.81.